The third-order valence-corrected chi connectivity index (χ3v) is 2.61. The quantitative estimate of drug-likeness (QED) is 0.313. The number of amides is 2. The van der Waals surface area contributed by atoms with Crippen molar-refractivity contribution in [2.75, 3.05) is 26.2 Å². The predicted molar refractivity (Wildman–Crippen MR) is 96.1 cm³/mol. The minimum absolute atomic E-state index is 0.0681. The van der Waals surface area contributed by atoms with Gasteiger partial charge in [-0.05, 0) is 41.5 Å². The van der Waals surface area contributed by atoms with Crippen molar-refractivity contribution in [2.24, 2.45) is 4.99 Å². The van der Waals surface area contributed by atoms with Crippen molar-refractivity contribution in [1.82, 2.24) is 21.3 Å². The molecule has 0 heterocycles. The van der Waals surface area contributed by atoms with Gasteiger partial charge in [0.1, 0.15) is 5.60 Å². The molecular weight excluding hydrogens is 310 g/mol. The lowest BCUT2D eigenvalue weighted by Gasteiger charge is -2.27. The number of hydrogen-bond donors (Lipinski definition) is 4. The van der Waals surface area contributed by atoms with E-state index in [4.69, 9.17) is 4.74 Å². The molecular formula is C16H33N5O3. The summed E-state index contributed by atoms with van der Waals surface area (Å²) in [4.78, 5) is 27.2. The molecule has 0 spiro atoms. The highest BCUT2D eigenvalue weighted by atomic mass is 16.6. The number of hydrogen-bond acceptors (Lipinski definition) is 4. The maximum Gasteiger partial charge on any atom is 0.408 e. The highest BCUT2D eigenvalue weighted by Gasteiger charge is 2.24. The Kier molecular flexibility index (Phi) is 9.17. The number of ether oxygens (including phenoxy) is 1. The zero-order chi connectivity index (χ0) is 18.8. The van der Waals surface area contributed by atoms with Gasteiger partial charge in [-0.15, -0.1) is 0 Å². The van der Waals surface area contributed by atoms with E-state index >= 15 is 0 Å². The van der Waals surface area contributed by atoms with Gasteiger partial charge in [-0.3, -0.25) is 9.79 Å². The molecule has 0 aromatic heterocycles. The number of guanidine groups is 1. The Hall–Kier alpha value is -1.99. The van der Waals surface area contributed by atoms with Gasteiger partial charge in [-0.25, -0.2) is 4.79 Å². The molecule has 140 valence electrons. The van der Waals surface area contributed by atoms with Gasteiger partial charge in [0.25, 0.3) is 0 Å². The van der Waals surface area contributed by atoms with Gasteiger partial charge in [0, 0.05) is 26.6 Å². The molecule has 0 bridgehead atoms. The normalized spacial score (nSPS) is 12.4. The van der Waals surface area contributed by atoms with Gasteiger partial charge < -0.3 is 26.0 Å². The Morgan fingerprint density at radius 1 is 1.00 bits per heavy atom. The highest BCUT2D eigenvalue weighted by Crippen LogP contribution is 2.09. The van der Waals surface area contributed by atoms with Gasteiger partial charge in [0.15, 0.2) is 5.96 Å². The fraction of sp³-hybridized carbons (Fsp3) is 0.812. The van der Waals surface area contributed by atoms with Crippen LogP contribution in [0.2, 0.25) is 0 Å². The molecule has 2 amide bonds. The first-order valence-electron chi connectivity index (χ1n) is 8.23. The van der Waals surface area contributed by atoms with Crippen LogP contribution in [0.15, 0.2) is 4.99 Å². The third kappa shape index (κ3) is 12.5. The van der Waals surface area contributed by atoms with E-state index in [0.29, 0.717) is 32.1 Å². The van der Waals surface area contributed by atoms with Gasteiger partial charge in [0.05, 0.1) is 12.1 Å². The molecule has 0 aliphatic carbocycles. The maximum absolute atomic E-state index is 11.9. The summed E-state index contributed by atoms with van der Waals surface area (Å²) in [6, 6.07) is 0. The molecule has 0 atom stereocenters. The molecule has 0 saturated carbocycles. The van der Waals surface area contributed by atoms with Crippen LogP contribution >= 0.6 is 0 Å². The monoisotopic (exact) mass is 343 g/mol. The van der Waals surface area contributed by atoms with E-state index < -0.39 is 17.2 Å². The number of carbonyl (C=O) groups is 2. The fourth-order valence-electron chi connectivity index (χ4n) is 1.66. The molecule has 4 N–H and O–H groups in total. The van der Waals surface area contributed by atoms with Crippen LogP contribution < -0.4 is 21.3 Å². The lowest BCUT2D eigenvalue weighted by Crippen LogP contribution is -2.49. The van der Waals surface area contributed by atoms with E-state index in [1.54, 1.807) is 0 Å². The van der Waals surface area contributed by atoms with Crippen LogP contribution in [0.5, 0.6) is 0 Å². The van der Waals surface area contributed by atoms with Crippen LogP contribution in [-0.2, 0) is 9.53 Å². The standard InChI is InChI=1S/C16H33N5O3/c1-8-17-13(19-10-9-18-12(2)22)20-11-16(6,7)21-14(23)24-15(3,4)5/h8-11H2,1-7H3,(H,18,22)(H,21,23)(H2,17,19,20). The van der Waals surface area contributed by atoms with Crippen LogP contribution in [0.1, 0.15) is 48.5 Å². The van der Waals surface area contributed by atoms with Crippen LogP contribution in [0.3, 0.4) is 0 Å². The second-order valence-electron chi connectivity index (χ2n) is 7.12. The topological polar surface area (TPSA) is 104 Å². The van der Waals surface area contributed by atoms with E-state index in [1.807, 2.05) is 41.5 Å². The van der Waals surface area contributed by atoms with E-state index in [1.165, 1.54) is 6.92 Å². The number of aliphatic imine (C=N–C) groups is 1. The van der Waals surface area contributed by atoms with E-state index in [9.17, 15) is 9.59 Å². The second-order valence-corrected chi connectivity index (χ2v) is 7.12. The molecule has 8 nitrogen and oxygen atoms in total. The van der Waals surface area contributed by atoms with Crippen LogP contribution in [0.25, 0.3) is 0 Å². The van der Waals surface area contributed by atoms with Gasteiger partial charge in [-0.2, -0.15) is 0 Å². The van der Waals surface area contributed by atoms with Crippen molar-refractivity contribution in [3.63, 3.8) is 0 Å². The molecule has 0 fully saturated rings. The van der Waals surface area contributed by atoms with Crippen molar-refractivity contribution in [3.05, 3.63) is 0 Å². The Balaban J connectivity index is 4.51. The third-order valence-electron chi connectivity index (χ3n) is 2.61. The molecule has 0 aromatic carbocycles. The average Bonchev–Trinajstić information content (AvgIpc) is 2.37. The number of rotatable bonds is 7. The fourth-order valence-corrected chi connectivity index (χ4v) is 1.66. The second kappa shape index (κ2) is 10.00. The smallest absolute Gasteiger partial charge is 0.408 e. The zero-order valence-corrected chi connectivity index (χ0v) is 16.0. The summed E-state index contributed by atoms with van der Waals surface area (Å²) in [6.07, 6.45) is -0.466. The van der Waals surface area contributed by atoms with Crippen molar-refractivity contribution >= 4 is 18.0 Å². The van der Waals surface area contributed by atoms with Crippen LogP contribution in [0, 0.1) is 0 Å². The van der Waals surface area contributed by atoms with Crippen LogP contribution in [-0.4, -0.2) is 55.3 Å². The number of alkyl carbamates (subject to hydrolysis) is 1. The highest BCUT2D eigenvalue weighted by molar-refractivity contribution is 5.80. The van der Waals surface area contributed by atoms with Gasteiger partial charge in [0.2, 0.25) is 5.91 Å². The summed E-state index contributed by atoms with van der Waals surface area (Å²) in [6.45, 7) is 14.8. The molecule has 0 aliphatic heterocycles. The molecule has 0 aromatic rings. The zero-order valence-electron chi connectivity index (χ0n) is 16.0. The molecule has 24 heavy (non-hydrogen) atoms. The number of nitrogens with zero attached hydrogens (tertiary/aromatic N) is 1. The van der Waals surface area contributed by atoms with Crippen LogP contribution in [0.4, 0.5) is 4.79 Å². The summed E-state index contributed by atoms with van der Waals surface area (Å²) in [5.74, 6) is 0.559. The Morgan fingerprint density at radius 2 is 1.58 bits per heavy atom. The van der Waals surface area contributed by atoms with Gasteiger partial charge in [-0.1, -0.05) is 0 Å². The number of nitrogens with one attached hydrogen (secondary N) is 4. The molecule has 0 radical (unpaired) electrons. The Bertz CT molecular complexity index is 441. The summed E-state index contributed by atoms with van der Waals surface area (Å²) in [5, 5.41) is 11.8. The van der Waals surface area contributed by atoms with E-state index in [-0.39, 0.29) is 5.91 Å². The SMILES string of the molecule is CCNC(=NCC(C)(C)NC(=O)OC(C)(C)C)NCCNC(C)=O. The molecule has 8 heteroatoms. The first-order chi connectivity index (χ1) is 10.9. The lowest BCUT2D eigenvalue weighted by atomic mass is 10.1. The largest absolute Gasteiger partial charge is 0.444 e. The first-order valence-corrected chi connectivity index (χ1v) is 8.23. The summed E-state index contributed by atoms with van der Waals surface area (Å²) < 4.78 is 5.26. The Labute approximate surface area is 145 Å². The maximum atomic E-state index is 11.9. The minimum atomic E-state index is -0.553. The summed E-state index contributed by atoms with van der Waals surface area (Å²) >= 11 is 0. The molecule has 0 saturated heterocycles. The van der Waals surface area contributed by atoms with Crippen molar-refractivity contribution in [1.29, 1.82) is 0 Å². The lowest BCUT2D eigenvalue weighted by molar-refractivity contribution is -0.118. The molecule has 0 aliphatic rings. The van der Waals surface area contributed by atoms with Crippen molar-refractivity contribution in [3.8, 4) is 0 Å². The van der Waals surface area contributed by atoms with E-state index in [0.717, 1.165) is 0 Å². The summed E-state index contributed by atoms with van der Waals surface area (Å²) in [5.41, 5.74) is -1.09. The van der Waals surface area contributed by atoms with Crippen molar-refractivity contribution < 1.29 is 14.3 Å². The minimum Gasteiger partial charge on any atom is -0.444 e. The average molecular weight is 343 g/mol. The summed E-state index contributed by atoms with van der Waals surface area (Å²) in [7, 11) is 0. The Morgan fingerprint density at radius 3 is 2.08 bits per heavy atom. The molecule has 0 rings (SSSR count). The predicted octanol–water partition coefficient (Wildman–Crippen LogP) is 0.981. The molecule has 0 unspecified atom stereocenters. The van der Waals surface area contributed by atoms with Gasteiger partial charge >= 0.3 is 6.09 Å². The van der Waals surface area contributed by atoms with E-state index in [2.05, 4.69) is 26.3 Å². The van der Waals surface area contributed by atoms with Crippen molar-refractivity contribution in [2.45, 2.75) is 59.6 Å². The number of carbonyl (C=O) groups excluding carboxylic acids is 2. The first kappa shape index (κ1) is 22.0.